The summed E-state index contributed by atoms with van der Waals surface area (Å²) in [7, 11) is 0. The maximum atomic E-state index is 11.3. The zero-order chi connectivity index (χ0) is 11.8. The fourth-order valence-corrected chi connectivity index (χ4v) is 2.51. The maximum Gasteiger partial charge on any atom is 0.221 e. The summed E-state index contributed by atoms with van der Waals surface area (Å²) in [5.74, 6) is 0.682. The van der Waals surface area contributed by atoms with Crippen LogP contribution >= 0.6 is 0 Å². The number of carbonyl (C=O) groups excluding carboxylic acids is 1. The summed E-state index contributed by atoms with van der Waals surface area (Å²) < 4.78 is 10.7. The van der Waals surface area contributed by atoms with Crippen LogP contribution in [0.15, 0.2) is 21.9 Å². The van der Waals surface area contributed by atoms with Crippen LogP contribution in [0.2, 0.25) is 0 Å². The fourth-order valence-electron chi connectivity index (χ4n) is 2.51. The average Bonchev–Trinajstić information content (AvgIpc) is 2.87. The molecule has 0 spiro atoms. The highest BCUT2D eigenvalue weighted by Crippen LogP contribution is 2.48. The number of aliphatic imine (C=N–C) groups is 1. The molecule has 0 saturated heterocycles. The molecule has 1 saturated carbocycles. The molecule has 1 unspecified atom stereocenters. The van der Waals surface area contributed by atoms with Crippen molar-refractivity contribution in [2.75, 3.05) is 13.2 Å². The van der Waals surface area contributed by atoms with Gasteiger partial charge in [0.25, 0.3) is 0 Å². The number of nitrogens with zero attached hydrogens (tertiary/aromatic N) is 2. The van der Waals surface area contributed by atoms with Gasteiger partial charge in [0, 0.05) is 5.92 Å². The van der Waals surface area contributed by atoms with Crippen LogP contribution in [0.25, 0.3) is 0 Å². The summed E-state index contributed by atoms with van der Waals surface area (Å²) in [4.78, 5) is 19.7. The third-order valence-corrected chi connectivity index (χ3v) is 3.40. The van der Waals surface area contributed by atoms with Crippen molar-refractivity contribution < 1.29 is 13.9 Å². The minimum absolute atomic E-state index is 0.0550. The lowest BCUT2D eigenvalue weighted by Gasteiger charge is -2.40. The van der Waals surface area contributed by atoms with E-state index in [1.165, 1.54) is 6.26 Å². The third-order valence-electron chi connectivity index (χ3n) is 3.40. The normalized spacial score (nSPS) is 31.5. The van der Waals surface area contributed by atoms with Crippen LogP contribution in [0.1, 0.15) is 18.2 Å². The Labute approximate surface area is 97.9 Å². The highest BCUT2D eigenvalue weighted by molar-refractivity contribution is 5.90. The van der Waals surface area contributed by atoms with E-state index >= 15 is 0 Å². The van der Waals surface area contributed by atoms with Crippen molar-refractivity contribution in [2.45, 2.75) is 12.3 Å². The first-order chi connectivity index (χ1) is 8.27. The van der Waals surface area contributed by atoms with Gasteiger partial charge in [-0.2, -0.15) is 0 Å². The lowest BCUT2D eigenvalue weighted by molar-refractivity contribution is -0.126. The largest absolute Gasteiger partial charge is 0.479 e. The Hall–Kier alpha value is -1.85. The number of aromatic nitrogens is 1. The van der Waals surface area contributed by atoms with Crippen LogP contribution < -0.4 is 5.73 Å². The Morgan fingerprint density at radius 1 is 1.53 bits per heavy atom. The zero-order valence-corrected chi connectivity index (χ0v) is 9.20. The number of oxazole rings is 1. The Bertz CT molecular complexity index is 455. The van der Waals surface area contributed by atoms with Crippen LogP contribution in [0, 0.1) is 11.8 Å². The first-order valence-corrected chi connectivity index (χ1v) is 5.63. The molecule has 1 fully saturated rings. The van der Waals surface area contributed by atoms with E-state index < -0.39 is 0 Å². The van der Waals surface area contributed by atoms with E-state index in [2.05, 4.69) is 9.98 Å². The summed E-state index contributed by atoms with van der Waals surface area (Å²) in [5, 5.41) is 0. The Kier molecular flexibility index (Phi) is 2.35. The van der Waals surface area contributed by atoms with Crippen LogP contribution in [0.4, 0.5) is 0 Å². The van der Waals surface area contributed by atoms with Crippen molar-refractivity contribution in [1.82, 2.24) is 4.98 Å². The van der Waals surface area contributed by atoms with E-state index in [1.807, 2.05) is 0 Å². The smallest absolute Gasteiger partial charge is 0.221 e. The van der Waals surface area contributed by atoms with Crippen LogP contribution in [0.3, 0.4) is 0 Å². The van der Waals surface area contributed by atoms with Crippen LogP contribution in [-0.4, -0.2) is 29.9 Å². The van der Waals surface area contributed by atoms with Gasteiger partial charge in [-0.05, 0) is 6.42 Å². The van der Waals surface area contributed by atoms with Crippen molar-refractivity contribution in [1.29, 1.82) is 0 Å². The predicted octanol–water partition coefficient (Wildman–Crippen LogP) is 0.308. The molecule has 90 valence electrons. The summed E-state index contributed by atoms with van der Waals surface area (Å²) in [5.41, 5.74) is 5.37. The highest BCUT2D eigenvalue weighted by Gasteiger charge is 2.51. The van der Waals surface area contributed by atoms with Gasteiger partial charge < -0.3 is 14.9 Å². The molecule has 0 bridgehead atoms. The molecule has 0 radical (unpaired) electrons. The molecule has 1 aromatic rings. The van der Waals surface area contributed by atoms with Gasteiger partial charge in [0.1, 0.15) is 12.9 Å². The van der Waals surface area contributed by atoms with Gasteiger partial charge >= 0.3 is 0 Å². The van der Waals surface area contributed by atoms with Gasteiger partial charge in [-0.3, -0.25) is 9.79 Å². The monoisotopic (exact) mass is 235 g/mol. The SMILES string of the molecule is NC(=O)[C@@H]1CC(c2ncco2)[C@H]1C1=NCCO1. The lowest BCUT2D eigenvalue weighted by Crippen LogP contribution is -2.47. The lowest BCUT2D eigenvalue weighted by atomic mass is 9.64. The summed E-state index contributed by atoms with van der Waals surface area (Å²) >= 11 is 0. The molecule has 6 heteroatoms. The Morgan fingerprint density at radius 3 is 3.00 bits per heavy atom. The number of rotatable bonds is 3. The Morgan fingerprint density at radius 2 is 2.41 bits per heavy atom. The molecule has 2 heterocycles. The molecule has 1 amide bonds. The fraction of sp³-hybridized carbons (Fsp3) is 0.545. The van der Waals surface area contributed by atoms with E-state index in [-0.39, 0.29) is 23.7 Å². The van der Waals surface area contributed by atoms with Crippen molar-refractivity contribution in [2.24, 2.45) is 22.6 Å². The summed E-state index contributed by atoms with van der Waals surface area (Å²) in [6.45, 7) is 1.23. The average molecular weight is 235 g/mol. The van der Waals surface area contributed by atoms with Crippen LogP contribution in [0.5, 0.6) is 0 Å². The number of carbonyl (C=O) groups is 1. The van der Waals surface area contributed by atoms with Gasteiger partial charge in [-0.25, -0.2) is 4.98 Å². The van der Waals surface area contributed by atoms with Gasteiger partial charge in [0.15, 0.2) is 11.8 Å². The minimum Gasteiger partial charge on any atom is -0.479 e. The molecular weight excluding hydrogens is 222 g/mol. The second-order valence-corrected chi connectivity index (χ2v) is 4.32. The predicted molar refractivity (Wildman–Crippen MR) is 58.3 cm³/mol. The molecule has 3 rings (SSSR count). The third kappa shape index (κ3) is 1.60. The van der Waals surface area contributed by atoms with Gasteiger partial charge in [0.2, 0.25) is 5.91 Å². The van der Waals surface area contributed by atoms with E-state index in [0.29, 0.717) is 31.4 Å². The van der Waals surface area contributed by atoms with E-state index in [1.54, 1.807) is 6.20 Å². The van der Waals surface area contributed by atoms with E-state index in [9.17, 15) is 4.79 Å². The molecule has 3 atom stereocenters. The second kappa shape index (κ2) is 3.87. The van der Waals surface area contributed by atoms with Crippen molar-refractivity contribution in [3.05, 3.63) is 18.4 Å². The van der Waals surface area contributed by atoms with E-state index in [4.69, 9.17) is 14.9 Å². The van der Waals surface area contributed by atoms with Gasteiger partial charge in [0.05, 0.1) is 24.6 Å². The second-order valence-electron chi connectivity index (χ2n) is 4.32. The molecule has 17 heavy (non-hydrogen) atoms. The first-order valence-electron chi connectivity index (χ1n) is 5.63. The number of hydrogen-bond donors (Lipinski definition) is 1. The summed E-state index contributed by atoms with van der Waals surface area (Å²) in [6, 6.07) is 0. The molecule has 1 aromatic heterocycles. The topological polar surface area (TPSA) is 90.7 Å². The van der Waals surface area contributed by atoms with E-state index in [0.717, 1.165) is 0 Å². The Balaban J connectivity index is 1.85. The van der Waals surface area contributed by atoms with Crippen molar-refractivity contribution in [3.8, 4) is 0 Å². The molecule has 6 nitrogen and oxygen atoms in total. The van der Waals surface area contributed by atoms with Gasteiger partial charge in [-0.1, -0.05) is 0 Å². The highest BCUT2D eigenvalue weighted by atomic mass is 16.5. The zero-order valence-electron chi connectivity index (χ0n) is 9.20. The first kappa shape index (κ1) is 10.3. The number of hydrogen-bond acceptors (Lipinski definition) is 5. The maximum absolute atomic E-state index is 11.3. The number of amides is 1. The quantitative estimate of drug-likeness (QED) is 0.816. The molecule has 1 aliphatic heterocycles. The summed E-state index contributed by atoms with van der Waals surface area (Å²) in [6.07, 6.45) is 3.78. The van der Waals surface area contributed by atoms with Crippen molar-refractivity contribution >= 4 is 11.8 Å². The molecule has 0 aromatic carbocycles. The number of primary amides is 1. The van der Waals surface area contributed by atoms with Crippen molar-refractivity contribution in [3.63, 3.8) is 0 Å². The number of ether oxygens (including phenoxy) is 1. The number of nitrogens with two attached hydrogens (primary N) is 1. The van der Waals surface area contributed by atoms with Gasteiger partial charge in [-0.15, -0.1) is 0 Å². The minimum atomic E-state index is -0.309. The molecule has 2 N–H and O–H groups in total. The standard InChI is InChI=1S/C11H13N3O3/c12-9(15)6-5-7(10-13-1-3-16-10)8(6)11-14-2-4-17-11/h1,3,6-8H,2,4-5H2,(H2,12,15)/t6-,7?,8+/m1/s1. The molecule has 1 aliphatic carbocycles. The molecule has 2 aliphatic rings. The van der Waals surface area contributed by atoms with Crippen LogP contribution in [-0.2, 0) is 9.53 Å². The molecular formula is C11H13N3O3.